The monoisotopic (exact) mass is 546 g/mol. The lowest BCUT2D eigenvalue weighted by Gasteiger charge is -2.37. The van der Waals surface area contributed by atoms with Crippen LogP contribution in [-0.4, -0.2) is 30.9 Å². The summed E-state index contributed by atoms with van der Waals surface area (Å²) in [7, 11) is -3.72. The molecule has 0 saturated carbocycles. The van der Waals surface area contributed by atoms with Crippen molar-refractivity contribution >= 4 is 37.6 Å². The van der Waals surface area contributed by atoms with Crippen LogP contribution in [0.5, 0.6) is 11.5 Å². The molecule has 0 atom stereocenters. The number of ether oxygens (including phenoxy) is 1. The van der Waals surface area contributed by atoms with E-state index < -0.39 is 15.6 Å². The minimum Gasteiger partial charge on any atom is -0.456 e. The quantitative estimate of drug-likeness (QED) is 0.459. The van der Waals surface area contributed by atoms with Crippen molar-refractivity contribution in [3.05, 3.63) is 87.4 Å². The Labute approximate surface area is 206 Å². The number of nitrogens with zero attached hydrogens (tertiary/aromatic N) is 2. The van der Waals surface area contributed by atoms with Crippen LogP contribution in [0.25, 0.3) is 0 Å². The molecule has 0 radical (unpaired) electrons. The van der Waals surface area contributed by atoms with Gasteiger partial charge >= 0.3 is 0 Å². The van der Waals surface area contributed by atoms with Crippen LogP contribution in [0, 0.1) is 11.3 Å². The van der Waals surface area contributed by atoms with E-state index in [1.54, 1.807) is 18.2 Å². The largest absolute Gasteiger partial charge is 0.456 e. The Hall–Kier alpha value is -2.41. The lowest BCUT2D eigenvalue weighted by molar-refractivity contribution is -0.00962. The molecule has 33 heavy (non-hydrogen) atoms. The molecule has 4 rings (SSSR count). The van der Waals surface area contributed by atoms with Gasteiger partial charge in [0.25, 0.3) is 0 Å². The Bertz CT molecular complexity index is 1300. The minimum atomic E-state index is -3.72. The normalized spacial score (nSPS) is 16.2. The van der Waals surface area contributed by atoms with Crippen LogP contribution in [0.2, 0.25) is 5.02 Å². The van der Waals surface area contributed by atoms with E-state index in [1.165, 1.54) is 28.6 Å². The molecule has 1 N–H and O–H groups in total. The van der Waals surface area contributed by atoms with Crippen molar-refractivity contribution in [2.45, 2.75) is 23.3 Å². The average molecular weight is 548 g/mol. The number of nitriles is 1. The Morgan fingerprint density at radius 1 is 1.03 bits per heavy atom. The Morgan fingerprint density at radius 3 is 2.27 bits per heavy atom. The molecule has 0 aliphatic carbocycles. The molecule has 0 spiro atoms. The minimum absolute atomic E-state index is 0.135. The second-order valence-electron chi connectivity index (χ2n) is 7.74. The molecule has 0 unspecified atom stereocenters. The molecular formula is C24H20BrClN2O4S. The Morgan fingerprint density at radius 2 is 1.67 bits per heavy atom. The zero-order valence-corrected chi connectivity index (χ0v) is 20.6. The van der Waals surface area contributed by atoms with Gasteiger partial charge in [-0.05, 0) is 66.9 Å². The molecule has 0 amide bonds. The Balaban J connectivity index is 1.47. The van der Waals surface area contributed by atoms with E-state index in [4.69, 9.17) is 16.3 Å². The first-order valence-electron chi connectivity index (χ1n) is 10.2. The summed E-state index contributed by atoms with van der Waals surface area (Å²) < 4.78 is 34.3. The molecule has 6 nitrogen and oxygen atoms in total. The lowest BCUT2D eigenvalue weighted by Crippen LogP contribution is -2.45. The molecule has 1 saturated heterocycles. The molecule has 1 heterocycles. The topological polar surface area (TPSA) is 90.6 Å². The summed E-state index contributed by atoms with van der Waals surface area (Å²) in [6.07, 6.45) is 0.613. The molecule has 3 aromatic carbocycles. The van der Waals surface area contributed by atoms with E-state index in [9.17, 15) is 18.8 Å². The zero-order chi connectivity index (χ0) is 23.6. The van der Waals surface area contributed by atoms with E-state index in [2.05, 4.69) is 15.9 Å². The SMILES string of the molecule is N#Cc1c(Cl)cccc1Oc1ccc(S(=O)(=O)N2CCC(O)(c3ccc(Br)cc3)CC2)cc1. The third-order valence-corrected chi connectivity index (χ3v) is 8.46. The van der Waals surface area contributed by atoms with Gasteiger partial charge in [-0.1, -0.05) is 45.7 Å². The van der Waals surface area contributed by atoms with Crippen LogP contribution in [0.3, 0.4) is 0 Å². The molecule has 0 bridgehead atoms. The average Bonchev–Trinajstić information content (AvgIpc) is 2.80. The third kappa shape index (κ3) is 4.93. The summed E-state index contributed by atoms with van der Waals surface area (Å²) in [4.78, 5) is 0.135. The zero-order valence-electron chi connectivity index (χ0n) is 17.4. The van der Waals surface area contributed by atoms with Crippen molar-refractivity contribution in [3.8, 4) is 17.6 Å². The lowest BCUT2D eigenvalue weighted by atomic mass is 9.85. The van der Waals surface area contributed by atoms with Gasteiger partial charge in [-0.2, -0.15) is 9.57 Å². The van der Waals surface area contributed by atoms with E-state index in [0.29, 0.717) is 24.3 Å². The van der Waals surface area contributed by atoms with Gasteiger partial charge in [0.15, 0.2) is 0 Å². The standard InChI is InChI=1S/C24H20BrClN2O4S/c25-18-6-4-17(5-7-18)24(29)12-14-28(15-13-24)33(30,31)20-10-8-19(9-11-20)32-23-3-1-2-22(26)21(23)16-27/h1-11,29H,12-15H2. The first-order chi connectivity index (χ1) is 15.7. The van der Waals surface area contributed by atoms with Gasteiger partial charge in [0.1, 0.15) is 23.1 Å². The fourth-order valence-corrected chi connectivity index (χ4v) is 5.71. The van der Waals surface area contributed by atoms with Crippen LogP contribution in [0.15, 0.2) is 76.1 Å². The van der Waals surface area contributed by atoms with Crippen LogP contribution < -0.4 is 4.74 Å². The predicted octanol–water partition coefficient (Wildman–Crippen LogP) is 5.44. The number of hydrogen-bond donors (Lipinski definition) is 1. The van der Waals surface area contributed by atoms with Crippen molar-refractivity contribution in [3.63, 3.8) is 0 Å². The maximum Gasteiger partial charge on any atom is 0.243 e. The highest BCUT2D eigenvalue weighted by Crippen LogP contribution is 2.36. The van der Waals surface area contributed by atoms with Crippen LogP contribution in [-0.2, 0) is 15.6 Å². The second kappa shape index (κ2) is 9.45. The number of sulfonamides is 1. The third-order valence-electron chi connectivity index (χ3n) is 5.71. The number of halogens is 2. The summed E-state index contributed by atoms with van der Waals surface area (Å²) in [6, 6.07) is 20.3. The van der Waals surface area contributed by atoms with Gasteiger partial charge in [-0.15, -0.1) is 0 Å². The Kier molecular flexibility index (Phi) is 6.80. The number of rotatable bonds is 5. The molecule has 1 fully saturated rings. The van der Waals surface area contributed by atoms with Gasteiger partial charge in [0.2, 0.25) is 10.0 Å². The highest BCUT2D eigenvalue weighted by atomic mass is 79.9. The number of aliphatic hydroxyl groups is 1. The van der Waals surface area contributed by atoms with Gasteiger partial charge in [0, 0.05) is 17.6 Å². The molecule has 3 aromatic rings. The van der Waals surface area contributed by atoms with Crippen molar-refractivity contribution in [2.75, 3.05) is 13.1 Å². The van der Waals surface area contributed by atoms with Gasteiger partial charge in [-0.3, -0.25) is 0 Å². The van der Waals surface area contributed by atoms with Crippen molar-refractivity contribution < 1.29 is 18.3 Å². The van der Waals surface area contributed by atoms with Crippen LogP contribution in [0.1, 0.15) is 24.0 Å². The molecule has 9 heteroatoms. The molecule has 170 valence electrons. The maximum absolute atomic E-state index is 13.1. The molecule has 1 aliphatic heterocycles. The summed E-state index contributed by atoms with van der Waals surface area (Å²) in [5.41, 5.74) is -0.0655. The number of hydrogen-bond acceptors (Lipinski definition) is 5. The second-order valence-corrected chi connectivity index (χ2v) is 11.0. The molecule has 0 aromatic heterocycles. The highest BCUT2D eigenvalue weighted by molar-refractivity contribution is 9.10. The summed E-state index contributed by atoms with van der Waals surface area (Å²) in [6.45, 7) is 0.419. The summed E-state index contributed by atoms with van der Waals surface area (Å²) in [5, 5.41) is 20.6. The van der Waals surface area contributed by atoms with Crippen molar-refractivity contribution in [2.24, 2.45) is 0 Å². The van der Waals surface area contributed by atoms with Crippen molar-refractivity contribution in [1.29, 1.82) is 5.26 Å². The molecule has 1 aliphatic rings. The fourth-order valence-electron chi connectivity index (χ4n) is 3.80. The predicted molar refractivity (Wildman–Crippen MR) is 129 cm³/mol. The smallest absolute Gasteiger partial charge is 0.243 e. The summed E-state index contributed by atoms with van der Waals surface area (Å²) in [5.74, 6) is 0.680. The first-order valence-corrected chi connectivity index (χ1v) is 12.8. The van der Waals surface area contributed by atoms with E-state index in [1.807, 2.05) is 30.3 Å². The molecular weight excluding hydrogens is 528 g/mol. The van der Waals surface area contributed by atoms with E-state index >= 15 is 0 Å². The fraction of sp³-hybridized carbons (Fsp3) is 0.208. The number of benzene rings is 3. The van der Waals surface area contributed by atoms with E-state index in [0.717, 1.165) is 10.0 Å². The van der Waals surface area contributed by atoms with Gasteiger partial charge < -0.3 is 9.84 Å². The number of piperidine rings is 1. The van der Waals surface area contributed by atoms with Gasteiger partial charge in [0.05, 0.1) is 15.5 Å². The van der Waals surface area contributed by atoms with E-state index in [-0.39, 0.29) is 28.6 Å². The van der Waals surface area contributed by atoms with Crippen LogP contribution >= 0.6 is 27.5 Å². The van der Waals surface area contributed by atoms with Gasteiger partial charge in [-0.25, -0.2) is 8.42 Å². The maximum atomic E-state index is 13.1. The summed E-state index contributed by atoms with van der Waals surface area (Å²) >= 11 is 9.41. The highest BCUT2D eigenvalue weighted by Gasteiger charge is 2.38. The van der Waals surface area contributed by atoms with Crippen LogP contribution in [0.4, 0.5) is 0 Å². The first kappa shape index (κ1) is 23.7. The van der Waals surface area contributed by atoms with Crippen molar-refractivity contribution in [1.82, 2.24) is 4.31 Å².